The van der Waals surface area contributed by atoms with Crippen molar-refractivity contribution in [1.29, 1.82) is 0 Å². The highest BCUT2D eigenvalue weighted by atomic mass is 16.4. The third kappa shape index (κ3) is 6.45. The van der Waals surface area contributed by atoms with E-state index in [1.807, 2.05) is 13.0 Å². The first-order chi connectivity index (χ1) is 14.5. The standard InChI is InChI=1S/C26H34N2O3/c1-15(2)24(26(30)31)28-25(29)19(7)13-21-12-18(6)23(14-17(21)5)20-8-10-22(11-9-20)27-16(3)4/h8-16,24,27H,1-7H3,(H,28,29)(H,30,31)/t24-/m1/s1. The number of carbonyl (C=O) groups is 2. The SMILES string of the molecule is CC(=Cc1cc(C)c(-c2ccc(NC(C)C)cc2)cc1C)C(=O)N[C@@H](C(=O)O)C(C)C. The van der Waals surface area contributed by atoms with Crippen molar-refractivity contribution < 1.29 is 14.7 Å². The number of nitrogens with one attached hydrogen (secondary N) is 2. The molecule has 1 amide bonds. The molecule has 166 valence electrons. The first-order valence-corrected chi connectivity index (χ1v) is 10.7. The lowest BCUT2D eigenvalue weighted by Crippen LogP contribution is -2.44. The second-order valence-corrected chi connectivity index (χ2v) is 8.76. The zero-order valence-corrected chi connectivity index (χ0v) is 19.5. The molecular weight excluding hydrogens is 388 g/mol. The maximum absolute atomic E-state index is 12.5. The van der Waals surface area contributed by atoms with Gasteiger partial charge in [-0.2, -0.15) is 0 Å². The minimum absolute atomic E-state index is 0.195. The average Bonchev–Trinajstić information content (AvgIpc) is 2.68. The summed E-state index contributed by atoms with van der Waals surface area (Å²) in [5, 5.41) is 15.3. The number of aryl methyl sites for hydroxylation is 2. The van der Waals surface area contributed by atoms with Gasteiger partial charge in [0.2, 0.25) is 5.91 Å². The molecule has 0 radical (unpaired) electrons. The van der Waals surface area contributed by atoms with Crippen molar-refractivity contribution in [1.82, 2.24) is 5.32 Å². The molecule has 0 aliphatic rings. The maximum Gasteiger partial charge on any atom is 0.326 e. The van der Waals surface area contributed by atoms with Gasteiger partial charge in [-0.1, -0.05) is 38.1 Å². The van der Waals surface area contributed by atoms with Crippen LogP contribution in [0.25, 0.3) is 17.2 Å². The van der Waals surface area contributed by atoms with Gasteiger partial charge in [0, 0.05) is 17.3 Å². The monoisotopic (exact) mass is 422 g/mol. The molecule has 2 aromatic carbocycles. The van der Waals surface area contributed by atoms with Crippen LogP contribution in [0, 0.1) is 19.8 Å². The second-order valence-electron chi connectivity index (χ2n) is 8.76. The fourth-order valence-electron chi connectivity index (χ4n) is 3.45. The number of benzene rings is 2. The summed E-state index contributed by atoms with van der Waals surface area (Å²) in [6.45, 7) is 13.5. The van der Waals surface area contributed by atoms with Gasteiger partial charge in [0.15, 0.2) is 0 Å². The molecule has 0 saturated carbocycles. The topological polar surface area (TPSA) is 78.4 Å². The van der Waals surface area contributed by atoms with Crippen LogP contribution < -0.4 is 10.6 Å². The number of carboxylic acids is 1. The second kappa shape index (κ2) is 10.3. The fraction of sp³-hybridized carbons (Fsp3) is 0.385. The number of hydrogen-bond acceptors (Lipinski definition) is 3. The van der Waals surface area contributed by atoms with Crippen molar-refractivity contribution in [2.45, 2.75) is 60.5 Å². The van der Waals surface area contributed by atoms with Gasteiger partial charge in [-0.15, -0.1) is 0 Å². The normalized spacial score (nSPS) is 12.7. The summed E-state index contributed by atoms with van der Waals surface area (Å²) in [4.78, 5) is 23.9. The molecular formula is C26H34N2O3. The fourth-order valence-corrected chi connectivity index (χ4v) is 3.45. The van der Waals surface area contributed by atoms with Gasteiger partial charge in [-0.25, -0.2) is 4.79 Å². The van der Waals surface area contributed by atoms with Gasteiger partial charge in [0.25, 0.3) is 0 Å². The molecule has 0 saturated heterocycles. The number of carbonyl (C=O) groups excluding carboxylic acids is 1. The van der Waals surface area contributed by atoms with Gasteiger partial charge >= 0.3 is 5.97 Å². The van der Waals surface area contributed by atoms with Crippen molar-refractivity contribution in [3.63, 3.8) is 0 Å². The number of rotatable bonds is 8. The van der Waals surface area contributed by atoms with Gasteiger partial charge < -0.3 is 15.7 Å². The number of carboxylic acid groups (broad SMARTS) is 1. The number of hydrogen-bond donors (Lipinski definition) is 3. The van der Waals surface area contributed by atoms with Crippen LogP contribution in [0.2, 0.25) is 0 Å². The van der Waals surface area contributed by atoms with Crippen molar-refractivity contribution >= 4 is 23.6 Å². The van der Waals surface area contributed by atoms with E-state index >= 15 is 0 Å². The van der Waals surface area contributed by atoms with Crippen molar-refractivity contribution in [2.24, 2.45) is 5.92 Å². The largest absolute Gasteiger partial charge is 0.480 e. The summed E-state index contributed by atoms with van der Waals surface area (Å²) in [7, 11) is 0. The quantitative estimate of drug-likeness (QED) is 0.496. The molecule has 2 rings (SSSR count). The minimum atomic E-state index is -1.03. The van der Waals surface area contributed by atoms with E-state index in [1.165, 1.54) is 0 Å². The Morgan fingerprint density at radius 2 is 1.58 bits per heavy atom. The Morgan fingerprint density at radius 1 is 0.968 bits per heavy atom. The highest BCUT2D eigenvalue weighted by molar-refractivity contribution is 5.99. The highest BCUT2D eigenvalue weighted by Crippen LogP contribution is 2.29. The molecule has 2 aromatic rings. The minimum Gasteiger partial charge on any atom is -0.480 e. The predicted octanol–water partition coefficient (Wildman–Crippen LogP) is 5.42. The third-order valence-electron chi connectivity index (χ3n) is 5.21. The molecule has 5 nitrogen and oxygen atoms in total. The Balaban J connectivity index is 2.27. The zero-order valence-electron chi connectivity index (χ0n) is 19.5. The summed E-state index contributed by atoms with van der Waals surface area (Å²) >= 11 is 0. The molecule has 0 heterocycles. The van der Waals surface area contributed by atoms with Crippen LogP contribution >= 0.6 is 0 Å². The smallest absolute Gasteiger partial charge is 0.326 e. The highest BCUT2D eigenvalue weighted by Gasteiger charge is 2.23. The molecule has 1 atom stereocenters. The molecule has 0 aliphatic carbocycles. The molecule has 0 aromatic heterocycles. The molecule has 0 fully saturated rings. The van der Waals surface area contributed by atoms with Crippen LogP contribution in [-0.4, -0.2) is 29.1 Å². The van der Waals surface area contributed by atoms with Gasteiger partial charge in [0.05, 0.1) is 0 Å². The molecule has 3 N–H and O–H groups in total. The number of anilines is 1. The molecule has 0 bridgehead atoms. The first kappa shape index (κ1) is 24.2. The average molecular weight is 423 g/mol. The van der Waals surface area contributed by atoms with Crippen LogP contribution in [0.5, 0.6) is 0 Å². The van der Waals surface area contributed by atoms with E-state index in [0.717, 1.165) is 33.5 Å². The Bertz CT molecular complexity index is 973. The lowest BCUT2D eigenvalue weighted by Gasteiger charge is -2.18. The Hall–Kier alpha value is -3.08. The Morgan fingerprint density at radius 3 is 2.10 bits per heavy atom. The number of amides is 1. The van der Waals surface area contributed by atoms with E-state index < -0.39 is 12.0 Å². The first-order valence-electron chi connectivity index (χ1n) is 10.7. The van der Waals surface area contributed by atoms with E-state index in [-0.39, 0.29) is 11.8 Å². The Labute approximate surface area is 185 Å². The summed E-state index contributed by atoms with van der Waals surface area (Å²) < 4.78 is 0. The number of aliphatic carboxylic acids is 1. The van der Waals surface area contributed by atoms with Crippen LogP contribution in [0.1, 0.15) is 51.3 Å². The van der Waals surface area contributed by atoms with E-state index in [9.17, 15) is 14.7 Å². The van der Waals surface area contributed by atoms with Crippen LogP contribution in [0.4, 0.5) is 5.69 Å². The lowest BCUT2D eigenvalue weighted by atomic mass is 9.94. The molecule has 0 unspecified atom stereocenters. The van der Waals surface area contributed by atoms with Crippen LogP contribution in [0.15, 0.2) is 42.0 Å². The van der Waals surface area contributed by atoms with E-state index in [1.54, 1.807) is 20.8 Å². The van der Waals surface area contributed by atoms with E-state index in [2.05, 4.69) is 67.8 Å². The van der Waals surface area contributed by atoms with E-state index in [0.29, 0.717) is 11.6 Å². The lowest BCUT2D eigenvalue weighted by molar-refractivity contribution is -0.142. The Kier molecular flexibility index (Phi) is 8.03. The molecule has 0 spiro atoms. The van der Waals surface area contributed by atoms with Crippen LogP contribution in [0.3, 0.4) is 0 Å². The summed E-state index contributed by atoms with van der Waals surface area (Å²) in [6.07, 6.45) is 1.82. The van der Waals surface area contributed by atoms with Gasteiger partial charge in [-0.05, 0) is 86.6 Å². The zero-order chi connectivity index (χ0) is 23.3. The summed E-state index contributed by atoms with van der Waals surface area (Å²) in [6, 6.07) is 12.1. The maximum atomic E-state index is 12.5. The van der Waals surface area contributed by atoms with Crippen LogP contribution in [-0.2, 0) is 9.59 Å². The third-order valence-corrected chi connectivity index (χ3v) is 5.21. The summed E-state index contributed by atoms with van der Waals surface area (Å²) in [5.74, 6) is -1.59. The van der Waals surface area contributed by atoms with Gasteiger partial charge in [0.1, 0.15) is 6.04 Å². The summed E-state index contributed by atoms with van der Waals surface area (Å²) in [5.41, 5.74) is 6.97. The van der Waals surface area contributed by atoms with Gasteiger partial charge in [-0.3, -0.25) is 4.79 Å². The van der Waals surface area contributed by atoms with Crippen molar-refractivity contribution in [3.05, 3.63) is 58.7 Å². The predicted molar refractivity (Wildman–Crippen MR) is 128 cm³/mol. The molecule has 31 heavy (non-hydrogen) atoms. The van der Waals surface area contributed by atoms with Crippen molar-refractivity contribution in [2.75, 3.05) is 5.32 Å². The molecule has 0 aliphatic heterocycles. The van der Waals surface area contributed by atoms with Crippen molar-refractivity contribution in [3.8, 4) is 11.1 Å². The molecule has 5 heteroatoms. The van der Waals surface area contributed by atoms with E-state index in [4.69, 9.17) is 0 Å².